The fraction of sp³-hybridized carbons (Fsp3) is 1.00. The number of rotatable bonds is 11. The third-order valence-electron chi connectivity index (χ3n) is 2.91. The summed E-state index contributed by atoms with van der Waals surface area (Å²) in [6.45, 7) is 2.33. The molecular weight excluding hydrogens is 204 g/mol. The van der Waals surface area contributed by atoms with E-state index in [2.05, 4.69) is 6.92 Å². The fourth-order valence-electron chi connectivity index (χ4n) is 1.81. The predicted octanol–water partition coefficient (Wildman–Crippen LogP) is 2.23. The van der Waals surface area contributed by atoms with Gasteiger partial charge in [-0.1, -0.05) is 19.8 Å². The van der Waals surface area contributed by atoms with Crippen LogP contribution >= 0.6 is 0 Å². The summed E-state index contributed by atoms with van der Waals surface area (Å²) in [5, 5.41) is 27.8. The average Bonchev–Trinajstić information content (AvgIpc) is 2.26. The zero-order chi connectivity index (χ0) is 12.2. The number of aliphatic hydroxyl groups is 3. The molecule has 2 atom stereocenters. The SMILES string of the molecule is CCCCC(O)CCCC(O)CCCCO. The molecule has 0 aromatic heterocycles. The van der Waals surface area contributed by atoms with Crippen molar-refractivity contribution in [3.8, 4) is 0 Å². The van der Waals surface area contributed by atoms with E-state index in [1.807, 2.05) is 0 Å². The Kier molecular flexibility index (Phi) is 11.3. The summed E-state index contributed by atoms with van der Waals surface area (Å²) in [5.41, 5.74) is 0. The van der Waals surface area contributed by atoms with Gasteiger partial charge in [0, 0.05) is 6.61 Å². The molecular formula is C13H28O3. The van der Waals surface area contributed by atoms with Crippen LogP contribution in [0.25, 0.3) is 0 Å². The molecule has 0 heterocycles. The lowest BCUT2D eigenvalue weighted by atomic mass is 10.0. The number of hydrogen-bond donors (Lipinski definition) is 3. The molecule has 0 saturated heterocycles. The number of unbranched alkanes of at least 4 members (excludes halogenated alkanes) is 2. The smallest absolute Gasteiger partial charge is 0.0540 e. The maximum atomic E-state index is 9.60. The van der Waals surface area contributed by atoms with Crippen LogP contribution in [0.15, 0.2) is 0 Å². The van der Waals surface area contributed by atoms with Gasteiger partial charge in [0.25, 0.3) is 0 Å². The maximum absolute atomic E-state index is 9.60. The van der Waals surface area contributed by atoms with Crippen LogP contribution in [-0.2, 0) is 0 Å². The topological polar surface area (TPSA) is 60.7 Å². The van der Waals surface area contributed by atoms with Gasteiger partial charge in [-0.25, -0.2) is 0 Å². The fourth-order valence-corrected chi connectivity index (χ4v) is 1.81. The molecule has 0 aromatic rings. The van der Waals surface area contributed by atoms with Crippen molar-refractivity contribution < 1.29 is 15.3 Å². The molecule has 0 spiro atoms. The van der Waals surface area contributed by atoms with E-state index in [4.69, 9.17) is 5.11 Å². The van der Waals surface area contributed by atoms with Gasteiger partial charge >= 0.3 is 0 Å². The molecule has 3 heteroatoms. The Morgan fingerprint density at radius 3 is 1.75 bits per heavy atom. The highest BCUT2D eigenvalue weighted by atomic mass is 16.3. The van der Waals surface area contributed by atoms with E-state index in [9.17, 15) is 10.2 Å². The van der Waals surface area contributed by atoms with Gasteiger partial charge in [-0.05, 0) is 44.9 Å². The van der Waals surface area contributed by atoms with E-state index in [0.29, 0.717) is 0 Å². The molecule has 0 saturated carbocycles. The van der Waals surface area contributed by atoms with E-state index in [-0.39, 0.29) is 18.8 Å². The normalized spacial score (nSPS) is 15.0. The summed E-state index contributed by atoms with van der Waals surface area (Å²) in [6, 6.07) is 0. The van der Waals surface area contributed by atoms with Gasteiger partial charge in [-0.15, -0.1) is 0 Å². The highest BCUT2D eigenvalue weighted by Crippen LogP contribution is 2.12. The zero-order valence-corrected chi connectivity index (χ0v) is 10.6. The van der Waals surface area contributed by atoms with Crippen molar-refractivity contribution in [3.05, 3.63) is 0 Å². The van der Waals surface area contributed by atoms with Crippen molar-refractivity contribution >= 4 is 0 Å². The summed E-state index contributed by atoms with van der Waals surface area (Å²) in [6.07, 6.45) is 7.54. The first-order chi connectivity index (χ1) is 7.70. The Morgan fingerprint density at radius 2 is 1.25 bits per heavy atom. The van der Waals surface area contributed by atoms with Crippen LogP contribution in [0.2, 0.25) is 0 Å². The molecule has 0 amide bonds. The van der Waals surface area contributed by atoms with Crippen LogP contribution in [0.1, 0.15) is 64.7 Å². The first-order valence-corrected chi connectivity index (χ1v) is 6.67. The molecule has 3 N–H and O–H groups in total. The van der Waals surface area contributed by atoms with Crippen molar-refractivity contribution in [2.45, 2.75) is 76.9 Å². The lowest BCUT2D eigenvalue weighted by molar-refractivity contribution is 0.120. The Balaban J connectivity index is 3.28. The van der Waals surface area contributed by atoms with Crippen molar-refractivity contribution in [1.29, 1.82) is 0 Å². The maximum Gasteiger partial charge on any atom is 0.0540 e. The Hall–Kier alpha value is -0.120. The monoisotopic (exact) mass is 232 g/mol. The highest BCUT2D eigenvalue weighted by molar-refractivity contribution is 4.60. The molecule has 0 aliphatic carbocycles. The van der Waals surface area contributed by atoms with Crippen molar-refractivity contribution in [3.63, 3.8) is 0 Å². The van der Waals surface area contributed by atoms with Gasteiger partial charge in [0.15, 0.2) is 0 Å². The third kappa shape index (κ3) is 10.4. The molecule has 0 aliphatic heterocycles. The standard InChI is InChI=1S/C13H28O3/c1-2-3-7-12(15)9-6-10-13(16)8-4-5-11-14/h12-16H,2-11H2,1H3. The molecule has 2 unspecified atom stereocenters. The van der Waals surface area contributed by atoms with Crippen molar-refractivity contribution in [1.82, 2.24) is 0 Å². The van der Waals surface area contributed by atoms with Gasteiger partial charge in [0.05, 0.1) is 12.2 Å². The quantitative estimate of drug-likeness (QED) is 0.479. The first kappa shape index (κ1) is 15.9. The van der Waals surface area contributed by atoms with Crippen molar-refractivity contribution in [2.75, 3.05) is 6.61 Å². The van der Waals surface area contributed by atoms with Crippen LogP contribution in [0.3, 0.4) is 0 Å². The first-order valence-electron chi connectivity index (χ1n) is 6.67. The number of hydrogen-bond acceptors (Lipinski definition) is 3. The van der Waals surface area contributed by atoms with Gasteiger partial charge in [0.2, 0.25) is 0 Å². The minimum atomic E-state index is -0.259. The van der Waals surface area contributed by atoms with Crippen LogP contribution in [-0.4, -0.2) is 34.1 Å². The minimum Gasteiger partial charge on any atom is -0.396 e. The second-order valence-electron chi connectivity index (χ2n) is 4.60. The van der Waals surface area contributed by atoms with E-state index >= 15 is 0 Å². The molecule has 0 aliphatic rings. The lowest BCUT2D eigenvalue weighted by Crippen LogP contribution is -2.10. The molecule has 0 aromatic carbocycles. The summed E-state index contributed by atoms with van der Waals surface area (Å²) in [5.74, 6) is 0. The molecule has 0 bridgehead atoms. The summed E-state index contributed by atoms with van der Waals surface area (Å²) < 4.78 is 0. The average molecular weight is 232 g/mol. The molecule has 16 heavy (non-hydrogen) atoms. The van der Waals surface area contributed by atoms with E-state index in [0.717, 1.165) is 57.8 Å². The Bertz CT molecular complexity index is 139. The molecule has 3 nitrogen and oxygen atoms in total. The second-order valence-corrected chi connectivity index (χ2v) is 4.60. The predicted molar refractivity (Wildman–Crippen MR) is 66.3 cm³/mol. The molecule has 0 fully saturated rings. The Labute approximate surface area is 99.5 Å². The van der Waals surface area contributed by atoms with Gasteiger partial charge in [-0.2, -0.15) is 0 Å². The van der Waals surface area contributed by atoms with E-state index < -0.39 is 0 Å². The van der Waals surface area contributed by atoms with E-state index in [1.165, 1.54) is 0 Å². The molecule has 98 valence electrons. The van der Waals surface area contributed by atoms with Crippen LogP contribution < -0.4 is 0 Å². The van der Waals surface area contributed by atoms with E-state index in [1.54, 1.807) is 0 Å². The van der Waals surface area contributed by atoms with Crippen LogP contribution in [0, 0.1) is 0 Å². The molecule has 0 radical (unpaired) electrons. The van der Waals surface area contributed by atoms with Crippen LogP contribution in [0.5, 0.6) is 0 Å². The summed E-state index contributed by atoms with van der Waals surface area (Å²) in [7, 11) is 0. The Morgan fingerprint density at radius 1 is 0.750 bits per heavy atom. The third-order valence-corrected chi connectivity index (χ3v) is 2.91. The lowest BCUT2D eigenvalue weighted by Gasteiger charge is -2.12. The second kappa shape index (κ2) is 11.4. The zero-order valence-electron chi connectivity index (χ0n) is 10.6. The van der Waals surface area contributed by atoms with Gasteiger partial charge < -0.3 is 15.3 Å². The highest BCUT2D eigenvalue weighted by Gasteiger charge is 2.07. The van der Waals surface area contributed by atoms with Crippen LogP contribution in [0.4, 0.5) is 0 Å². The molecule has 0 rings (SSSR count). The largest absolute Gasteiger partial charge is 0.396 e. The summed E-state index contributed by atoms with van der Waals surface area (Å²) >= 11 is 0. The number of aliphatic hydroxyl groups excluding tert-OH is 3. The van der Waals surface area contributed by atoms with Gasteiger partial charge in [-0.3, -0.25) is 0 Å². The minimum absolute atomic E-state index is 0.190. The van der Waals surface area contributed by atoms with Crippen molar-refractivity contribution in [2.24, 2.45) is 0 Å². The summed E-state index contributed by atoms with van der Waals surface area (Å²) in [4.78, 5) is 0. The van der Waals surface area contributed by atoms with Gasteiger partial charge in [0.1, 0.15) is 0 Å².